The van der Waals surface area contributed by atoms with E-state index < -0.39 is 11.7 Å². The van der Waals surface area contributed by atoms with Crippen molar-refractivity contribution in [3.63, 3.8) is 0 Å². The monoisotopic (exact) mass is 346 g/mol. The zero-order valence-corrected chi connectivity index (χ0v) is 10.8. The Morgan fingerprint density at radius 2 is 1.93 bits per heavy atom. The topological polar surface area (TPSA) is 9.23 Å². The van der Waals surface area contributed by atoms with E-state index in [9.17, 15) is 13.2 Å². The van der Waals surface area contributed by atoms with Crippen LogP contribution >= 0.6 is 31.9 Å². The molecule has 15 heavy (non-hydrogen) atoms. The molecule has 0 fully saturated rings. The minimum atomic E-state index is -4.37. The lowest BCUT2D eigenvalue weighted by atomic mass is 10.1. The lowest BCUT2D eigenvalue weighted by Crippen LogP contribution is -2.10. The molecule has 1 aromatic carbocycles. The Kier molecular flexibility index (Phi) is 4.06. The summed E-state index contributed by atoms with van der Waals surface area (Å²) in [4.78, 5) is 0. The number of benzene rings is 1. The highest BCUT2D eigenvalue weighted by atomic mass is 79.9. The number of rotatable bonds is 2. The summed E-state index contributed by atoms with van der Waals surface area (Å²) in [7, 11) is 1.41. The van der Waals surface area contributed by atoms with Crippen LogP contribution in [0.15, 0.2) is 16.6 Å². The first-order valence-corrected chi connectivity index (χ1v) is 5.81. The van der Waals surface area contributed by atoms with Crippen molar-refractivity contribution in [2.45, 2.75) is 11.5 Å². The largest absolute Gasteiger partial charge is 0.497 e. The van der Waals surface area contributed by atoms with Crippen LogP contribution in [-0.2, 0) is 11.5 Å². The van der Waals surface area contributed by atoms with Crippen LogP contribution in [0.2, 0.25) is 0 Å². The molecule has 0 amide bonds. The minimum absolute atomic E-state index is 0.0104. The summed E-state index contributed by atoms with van der Waals surface area (Å²) in [5.74, 6) is 0.393. The van der Waals surface area contributed by atoms with Crippen LogP contribution in [0.5, 0.6) is 5.75 Å². The van der Waals surface area contributed by atoms with Gasteiger partial charge in [0.05, 0.1) is 12.7 Å². The van der Waals surface area contributed by atoms with Gasteiger partial charge in [0.2, 0.25) is 0 Å². The van der Waals surface area contributed by atoms with E-state index in [2.05, 4.69) is 31.9 Å². The standard InChI is InChI=1S/C9H7Br2F3O/c1-15-6-2-5(4-10)8(7(11)3-6)9(12,13)14/h2-3H,4H2,1H3. The first kappa shape index (κ1) is 12.8. The molecule has 0 heterocycles. The Hall–Kier alpha value is -0.230. The molecule has 0 aliphatic heterocycles. The van der Waals surface area contributed by atoms with Crippen LogP contribution in [0.25, 0.3) is 0 Å². The number of hydrogen-bond donors (Lipinski definition) is 0. The molecule has 0 bridgehead atoms. The van der Waals surface area contributed by atoms with Crippen molar-refractivity contribution >= 4 is 31.9 Å². The van der Waals surface area contributed by atoms with Gasteiger partial charge < -0.3 is 4.74 Å². The Morgan fingerprint density at radius 1 is 1.33 bits per heavy atom. The molecule has 0 spiro atoms. The Balaban J connectivity index is 3.38. The highest BCUT2D eigenvalue weighted by molar-refractivity contribution is 9.10. The second-order valence-corrected chi connectivity index (χ2v) is 4.19. The number of alkyl halides is 4. The van der Waals surface area contributed by atoms with Gasteiger partial charge in [-0.2, -0.15) is 13.2 Å². The van der Waals surface area contributed by atoms with Crippen LogP contribution in [0.4, 0.5) is 13.2 Å². The van der Waals surface area contributed by atoms with E-state index >= 15 is 0 Å². The summed E-state index contributed by atoms with van der Waals surface area (Å²) in [6.45, 7) is 0. The van der Waals surface area contributed by atoms with Crippen LogP contribution in [0.1, 0.15) is 11.1 Å². The van der Waals surface area contributed by atoms with Gasteiger partial charge in [-0.15, -0.1) is 0 Å². The molecule has 0 aromatic heterocycles. The SMILES string of the molecule is COc1cc(Br)c(C(F)(F)F)c(CBr)c1. The molecule has 1 rings (SSSR count). The molecular weight excluding hydrogens is 341 g/mol. The third kappa shape index (κ3) is 2.87. The zero-order chi connectivity index (χ0) is 11.6. The molecule has 0 radical (unpaired) electrons. The maximum Gasteiger partial charge on any atom is 0.417 e. The first-order chi connectivity index (χ1) is 6.90. The third-order valence-corrected chi connectivity index (χ3v) is 3.04. The summed E-state index contributed by atoms with van der Waals surface area (Å²) in [6.07, 6.45) is -4.37. The van der Waals surface area contributed by atoms with E-state index in [1.54, 1.807) is 0 Å². The molecule has 6 heteroatoms. The molecule has 84 valence electrons. The van der Waals surface area contributed by atoms with Crippen LogP contribution < -0.4 is 4.74 Å². The Bertz CT molecular complexity index is 363. The second-order valence-electron chi connectivity index (χ2n) is 2.77. The minimum Gasteiger partial charge on any atom is -0.497 e. The molecule has 0 atom stereocenters. The van der Waals surface area contributed by atoms with E-state index in [4.69, 9.17) is 4.74 Å². The average Bonchev–Trinajstić information content (AvgIpc) is 2.14. The van der Waals surface area contributed by atoms with Gasteiger partial charge >= 0.3 is 6.18 Å². The normalized spacial score (nSPS) is 11.6. The van der Waals surface area contributed by atoms with Crippen LogP contribution in [0, 0.1) is 0 Å². The fourth-order valence-corrected chi connectivity index (χ4v) is 2.32. The van der Waals surface area contributed by atoms with E-state index in [-0.39, 0.29) is 15.4 Å². The van der Waals surface area contributed by atoms with Gasteiger partial charge in [-0.05, 0) is 17.7 Å². The van der Waals surface area contributed by atoms with Gasteiger partial charge in [0, 0.05) is 9.80 Å². The number of hydrogen-bond acceptors (Lipinski definition) is 1. The van der Waals surface area contributed by atoms with Crippen molar-refractivity contribution in [1.82, 2.24) is 0 Å². The second kappa shape index (κ2) is 4.74. The van der Waals surface area contributed by atoms with Gasteiger partial charge in [-0.1, -0.05) is 31.9 Å². The van der Waals surface area contributed by atoms with Gasteiger partial charge in [0.1, 0.15) is 5.75 Å². The quantitative estimate of drug-likeness (QED) is 0.722. The zero-order valence-electron chi connectivity index (χ0n) is 7.66. The average molecular weight is 348 g/mol. The van der Waals surface area contributed by atoms with Crippen molar-refractivity contribution in [1.29, 1.82) is 0 Å². The van der Waals surface area contributed by atoms with Gasteiger partial charge in [-0.25, -0.2) is 0 Å². The van der Waals surface area contributed by atoms with E-state index in [1.807, 2.05) is 0 Å². The summed E-state index contributed by atoms with van der Waals surface area (Å²) in [6, 6.07) is 2.66. The van der Waals surface area contributed by atoms with Gasteiger partial charge in [-0.3, -0.25) is 0 Å². The molecule has 1 nitrogen and oxygen atoms in total. The van der Waals surface area contributed by atoms with E-state index in [0.29, 0.717) is 5.75 Å². The fourth-order valence-electron chi connectivity index (χ4n) is 1.18. The number of methoxy groups -OCH3 is 1. The van der Waals surface area contributed by atoms with Crippen molar-refractivity contribution in [3.05, 3.63) is 27.7 Å². The Morgan fingerprint density at radius 3 is 2.33 bits per heavy atom. The molecule has 0 aliphatic rings. The predicted molar refractivity (Wildman–Crippen MR) is 58.3 cm³/mol. The summed E-state index contributed by atoms with van der Waals surface area (Å²) < 4.78 is 42.8. The maximum atomic E-state index is 12.6. The predicted octanol–water partition coefficient (Wildman–Crippen LogP) is 4.37. The molecule has 0 aliphatic carbocycles. The lowest BCUT2D eigenvalue weighted by molar-refractivity contribution is -0.138. The van der Waals surface area contributed by atoms with Crippen LogP contribution in [-0.4, -0.2) is 7.11 Å². The first-order valence-electron chi connectivity index (χ1n) is 3.89. The van der Waals surface area contributed by atoms with E-state index in [0.717, 1.165) is 0 Å². The molecule has 0 saturated heterocycles. The third-order valence-electron chi connectivity index (χ3n) is 1.81. The summed E-state index contributed by atoms with van der Waals surface area (Å²) >= 11 is 5.92. The van der Waals surface area contributed by atoms with Crippen molar-refractivity contribution < 1.29 is 17.9 Å². The van der Waals surface area contributed by atoms with Crippen molar-refractivity contribution in [2.24, 2.45) is 0 Å². The number of ether oxygens (including phenoxy) is 1. The summed E-state index contributed by atoms with van der Waals surface area (Å²) in [5.41, 5.74) is -0.520. The molecule has 0 unspecified atom stereocenters. The van der Waals surface area contributed by atoms with Gasteiger partial charge in [0.15, 0.2) is 0 Å². The van der Waals surface area contributed by atoms with Crippen molar-refractivity contribution in [3.8, 4) is 5.75 Å². The highest BCUT2D eigenvalue weighted by Gasteiger charge is 2.35. The molecule has 0 saturated carbocycles. The number of halogens is 5. The fraction of sp³-hybridized carbons (Fsp3) is 0.333. The Labute approximate surface area is 102 Å². The molecular formula is C9H7Br2F3O. The summed E-state index contributed by atoms with van der Waals surface area (Å²) in [5, 5.41) is 0.123. The smallest absolute Gasteiger partial charge is 0.417 e. The molecule has 0 N–H and O–H groups in total. The lowest BCUT2D eigenvalue weighted by Gasteiger charge is -2.14. The molecule has 1 aromatic rings. The van der Waals surface area contributed by atoms with Crippen molar-refractivity contribution in [2.75, 3.05) is 7.11 Å². The highest BCUT2D eigenvalue weighted by Crippen LogP contribution is 2.40. The van der Waals surface area contributed by atoms with E-state index in [1.165, 1.54) is 19.2 Å². The maximum absolute atomic E-state index is 12.6. The van der Waals surface area contributed by atoms with Crippen LogP contribution in [0.3, 0.4) is 0 Å². The van der Waals surface area contributed by atoms with Gasteiger partial charge in [0.25, 0.3) is 0 Å².